The van der Waals surface area contributed by atoms with Crippen LogP contribution in [-0.2, 0) is 6.54 Å². The fourth-order valence-electron chi connectivity index (χ4n) is 1.68. The Kier molecular flexibility index (Phi) is 5.80. The topological polar surface area (TPSA) is 93.2 Å². The van der Waals surface area contributed by atoms with Crippen molar-refractivity contribution in [1.82, 2.24) is 14.9 Å². The standard InChI is InChI=1S/C12H22N4O2/c1-9(2)5-10(17)6-14-12(18)11-7-16(4-3-13)8-15-11/h7-10,17H,3-6,13H2,1-2H3,(H,14,18). The number of hydrogen-bond acceptors (Lipinski definition) is 4. The van der Waals surface area contributed by atoms with E-state index in [0.29, 0.717) is 31.1 Å². The summed E-state index contributed by atoms with van der Waals surface area (Å²) in [5.41, 5.74) is 5.76. The number of aliphatic hydroxyl groups is 1. The first kappa shape index (κ1) is 14.7. The van der Waals surface area contributed by atoms with Crippen LogP contribution in [0.15, 0.2) is 12.5 Å². The Morgan fingerprint density at radius 3 is 2.94 bits per heavy atom. The molecule has 0 saturated carbocycles. The number of nitrogens with one attached hydrogen (secondary N) is 1. The minimum absolute atomic E-state index is 0.251. The van der Waals surface area contributed by atoms with Crippen LogP contribution < -0.4 is 11.1 Å². The van der Waals surface area contributed by atoms with Crippen LogP contribution in [0, 0.1) is 5.92 Å². The molecular formula is C12H22N4O2. The maximum absolute atomic E-state index is 11.7. The molecule has 6 nitrogen and oxygen atoms in total. The molecule has 0 saturated heterocycles. The van der Waals surface area contributed by atoms with Gasteiger partial charge in [0.1, 0.15) is 5.69 Å². The number of carbonyl (C=O) groups is 1. The zero-order valence-electron chi connectivity index (χ0n) is 11.0. The molecule has 1 atom stereocenters. The van der Waals surface area contributed by atoms with E-state index < -0.39 is 6.10 Å². The maximum Gasteiger partial charge on any atom is 0.271 e. The van der Waals surface area contributed by atoms with Crippen molar-refractivity contribution in [2.75, 3.05) is 13.1 Å². The van der Waals surface area contributed by atoms with Gasteiger partial charge in [-0.15, -0.1) is 0 Å². The van der Waals surface area contributed by atoms with Crippen molar-refractivity contribution in [2.24, 2.45) is 11.7 Å². The summed E-state index contributed by atoms with van der Waals surface area (Å²) in [7, 11) is 0. The molecule has 1 rings (SSSR count). The number of aliphatic hydroxyl groups excluding tert-OH is 1. The predicted octanol–water partition coefficient (Wildman–Crippen LogP) is -0.0214. The molecule has 0 aliphatic carbocycles. The lowest BCUT2D eigenvalue weighted by atomic mass is 10.1. The highest BCUT2D eigenvalue weighted by molar-refractivity contribution is 5.92. The number of hydrogen-bond donors (Lipinski definition) is 3. The SMILES string of the molecule is CC(C)CC(O)CNC(=O)c1cn(CCN)cn1. The average molecular weight is 254 g/mol. The zero-order chi connectivity index (χ0) is 13.5. The molecular weight excluding hydrogens is 232 g/mol. The van der Waals surface area contributed by atoms with E-state index in [1.54, 1.807) is 17.1 Å². The summed E-state index contributed by atoms with van der Waals surface area (Å²) >= 11 is 0. The molecule has 4 N–H and O–H groups in total. The Morgan fingerprint density at radius 1 is 1.61 bits per heavy atom. The van der Waals surface area contributed by atoms with Crippen molar-refractivity contribution < 1.29 is 9.90 Å². The Morgan fingerprint density at radius 2 is 2.33 bits per heavy atom. The van der Waals surface area contributed by atoms with E-state index in [1.807, 2.05) is 13.8 Å². The second kappa shape index (κ2) is 7.13. The van der Waals surface area contributed by atoms with Crippen LogP contribution in [0.1, 0.15) is 30.8 Å². The largest absolute Gasteiger partial charge is 0.391 e. The molecule has 0 spiro atoms. The van der Waals surface area contributed by atoms with Gasteiger partial charge in [-0.25, -0.2) is 4.98 Å². The van der Waals surface area contributed by atoms with Gasteiger partial charge in [-0.3, -0.25) is 4.79 Å². The molecule has 0 bridgehead atoms. The van der Waals surface area contributed by atoms with Gasteiger partial charge >= 0.3 is 0 Å². The number of nitrogens with zero attached hydrogens (tertiary/aromatic N) is 2. The fraction of sp³-hybridized carbons (Fsp3) is 0.667. The molecule has 0 aliphatic rings. The Hall–Kier alpha value is -1.40. The van der Waals surface area contributed by atoms with Gasteiger partial charge in [-0.2, -0.15) is 0 Å². The molecule has 1 aromatic rings. The van der Waals surface area contributed by atoms with Crippen molar-refractivity contribution in [3.63, 3.8) is 0 Å². The highest BCUT2D eigenvalue weighted by Crippen LogP contribution is 2.03. The highest BCUT2D eigenvalue weighted by atomic mass is 16.3. The molecule has 1 amide bonds. The van der Waals surface area contributed by atoms with E-state index >= 15 is 0 Å². The zero-order valence-corrected chi connectivity index (χ0v) is 11.0. The van der Waals surface area contributed by atoms with Gasteiger partial charge in [0.2, 0.25) is 0 Å². The molecule has 6 heteroatoms. The van der Waals surface area contributed by atoms with E-state index in [2.05, 4.69) is 10.3 Å². The van der Waals surface area contributed by atoms with Crippen LogP contribution in [0.3, 0.4) is 0 Å². The number of nitrogens with two attached hydrogens (primary N) is 1. The van der Waals surface area contributed by atoms with Gasteiger partial charge in [0.15, 0.2) is 0 Å². The second-order valence-corrected chi connectivity index (χ2v) is 4.78. The summed E-state index contributed by atoms with van der Waals surface area (Å²) < 4.78 is 1.76. The van der Waals surface area contributed by atoms with Crippen molar-refractivity contribution in [1.29, 1.82) is 0 Å². The van der Waals surface area contributed by atoms with Gasteiger partial charge in [0.05, 0.1) is 12.4 Å². The van der Waals surface area contributed by atoms with Crippen LogP contribution >= 0.6 is 0 Å². The third-order valence-electron chi connectivity index (χ3n) is 2.49. The lowest BCUT2D eigenvalue weighted by Gasteiger charge is -2.13. The van der Waals surface area contributed by atoms with Crippen molar-refractivity contribution >= 4 is 5.91 Å². The minimum Gasteiger partial charge on any atom is -0.391 e. The normalized spacial score (nSPS) is 12.7. The van der Waals surface area contributed by atoms with E-state index in [4.69, 9.17) is 5.73 Å². The molecule has 102 valence electrons. The average Bonchev–Trinajstić information content (AvgIpc) is 2.74. The van der Waals surface area contributed by atoms with Crippen molar-refractivity contribution in [2.45, 2.75) is 32.9 Å². The molecule has 0 aliphatic heterocycles. The lowest BCUT2D eigenvalue weighted by molar-refractivity contribution is 0.0896. The highest BCUT2D eigenvalue weighted by Gasteiger charge is 2.12. The Balaban J connectivity index is 2.40. The summed E-state index contributed by atoms with van der Waals surface area (Å²) in [5.74, 6) is 0.134. The fourth-order valence-corrected chi connectivity index (χ4v) is 1.68. The molecule has 0 fully saturated rings. The Labute approximate surface area is 107 Å². The van der Waals surface area contributed by atoms with Gasteiger partial charge in [-0.1, -0.05) is 13.8 Å². The van der Waals surface area contributed by atoms with E-state index in [-0.39, 0.29) is 12.5 Å². The van der Waals surface area contributed by atoms with Crippen LogP contribution in [0.25, 0.3) is 0 Å². The summed E-state index contributed by atoms with van der Waals surface area (Å²) in [6.07, 6.45) is 3.38. The summed E-state index contributed by atoms with van der Waals surface area (Å²) in [5, 5.41) is 12.3. The first-order valence-electron chi connectivity index (χ1n) is 6.21. The van der Waals surface area contributed by atoms with Crippen molar-refractivity contribution in [3.05, 3.63) is 18.2 Å². The second-order valence-electron chi connectivity index (χ2n) is 4.78. The minimum atomic E-state index is -0.514. The molecule has 1 heterocycles. The number of imidazole rings is 1. The van der Waals surface area contributed by atoms with E-state index in [9.17, 15) is 9.90 Å². The van der Waals surface area contributed by atoms with Crippen LogP contribution in [-0.4, -0.2) is 39.8 Å². The lowest BCUT2D eigenvalue weighted by Crippen LogP contribution is -2.33. The monoisotopic (exact) mass is 254 g/mol. The molecule has 18 heavy (non-hydrogen) atoms. The maximum atomic E-state index is 11.7. The van der Waals surface area contributed by atoms with Gasteiger partial charge in [-0.05, 0) is 12.3 Å². The van der Waals surface area contributed by atoms with Crippen LogP contribution in [0.5, 0.6) is 0 Å². The number of rotatable bonds is 7. The van der Waals surface area contributed by atoms with Gasteiger partial charge < -0.3 is 20.7 Å². The van der Waals surface area contributed by atoms with Crippen molar-refractivity contribution in [3.8, 4) is 0 Å². The van der Waals surface area contributed by atoms with E-state index in [0.717, 1.165) is 0 Å². The molecule has 1 unspecified atom stereocenters. The molecule has 0 aromatic carbocycles. The van der Waals surface area contributed by atoms with Gasteiger partial charge in [0.25, 0.3) is 5.91 Å². The summed E-state index contributed by atoms with van der Waals surface area (Å²) in [4.78, 5) is 15.7. The smallest absolute Gasteiger partial charge is 0.271 e. The number of carbonyl (C=O) groups excluding carboxylic acids is 1. The van der Waals surface area contributed by atoms with Gasteiger partial charge in [0, 0.05) is 25.8 Å². The first-order chi connectivity index (χ1) is 8.52. The Bertz CT molecular complexity index is 376. The third kappa shape index (κ3) is 4.85. The number of aromatic nitrogens is 2. The summed E-state index contributed by atoms with van der Waals surface area (Å²) in [6.45, 7) is 5.45. The number of amides is 1. The van der Waals surface area contributed by atoms with E-state index in [1.165, 1.54) is 0 Å². The molecule has 1 aromatic heterocycles. The van der Waals surface area contributed by atoms with Crippen LogP contribution in [0.4, 0.5) is 0 Å². The molecule has 0 radical (unpaired) electrons. The summed E-state index contributed by atoms with van der Waals surface area (Å²) in [6, 6.07) is 0. The quantitative estimate of drug-likeness (QED) is 0.637. The predicted molar refractivity (Wildman–Crippen MR) is 69.1 cm³/mol. The third-order valence-corrected chi connectivity index (χ3v) is 2.49. The first-order valence-corrected chi connectivity index (χ1v) is 6.21. The van der Waals surface area contributed by atoms with Crippen LogP contribution in [0.2, 0.25) is 0 Å².